The van der Waals surface area contributed by atoms with Gasteiger partial charge >= 0.3 is 12.0 Å². The monoisotopic (exact) mass is 292 g/mol. The van der Waals surface area contributed by atoms with Gasteiger partial charge in [0.1, 0.15) is 0 Å². The highest BCUT2D eigenvalue weighted by atomic mass is 16.5. The van der Waals surface area contributed by atoms with Crippen molar-refractivity contribution in [2.45, 2.75) is 24.8 Å². The average Bonchev–Trinajstić information content (AvgIpc) is 2.95. The first-order chi connectivity index (χ1) is 10.0. The molecule has 3 N–H and O–H groups in total. The normalized spacial score (nSPS) is 22.5. The van der Waals surface area contributed by atoms with Gasteiger partial charge in [0.05, 0.1) is 6.61 Å². The molecule has 2 amide bonds. The van der Waals surface area contributed by atoms with Crippen molar-refractivity contribution in [2.24, 2.45) is 0 Å². The maximum absolute atomic E-state index is 11.9. The first-order valence-corrected chi connectivity index (χ1v) is 6.95. The van der Waals surface area contributed by atoms with Gasteiger partial charge in [0, 0.05) is 19.6 Å². The van der Waals surface area contributed by atoms with Crippen LogP contribution in [0, 0.1) is 0 Å². The summed E-state index contributed by atoms with van der Waals surface area (Å²) in [5.74, 6) is -0.913. The van der Waals surface area contributed by atoms with Gasteiger partial charge in [-0.1, -0.05) is 37.3 Å². The van der Waals surface area contributed by atoms with E-state index in [1.165, 1.54) is 0 Å². The van der Waals surface area contributed by atoms with Crippen LogP contribution in [-0.4, -0.2) is 42.4 Å². The quantitative estimate of drug-likeness (QED) is 0.764. The minimum absolute atomic E-state index is 0.00396. The predicted octanol–water partition coefficient (Wildman–Crippen LogP) is 1.33. The van der Waals surface area contributed by atoms with Crippen LogP contribution < -0.4 is 10.6 Å². The molecule has 0 spiro atoms. The minimum atomic E-state index is -1.31. The first-order valence-electron chi connectivity index (χ1n) is 6.95. The summed E-state index contributed by atoms with van der Waals surface area (Å²) in [7, 11) is 0. The fourth-order valence-electron chi connectivity index (χ4n) is 2.29. The van der Waals surface area contributed by atoms with E-state index in [0.29, 0.717) is 13.2 Å². The van der Waals surface area contributed by atoms with Crippen molar-refractivity contribution in [2.75, 3.05) is 19.8 Å². The molecule has 0 saturated carbocycles. The first kappa shape index (κ1) is 15.3. The summed E-state index contributed by atoms with van der Waals surface area (Å²) < 4.78 is 5.09. The van der Waals surface area contributed by atoms with Gasteiger partial charge in [-0.05, 0) is 11.5 Å². The summed E-state index contributed by atoms with van der Waals surface area (Å²) in [4.78, 5) is 23.2. The van der Waals surface area contributed by atoms with Gasteiger partial charge in [0.25, 0.3) is 0 Å². The second-order valence-corrected chi connectivity index (χ2v) is 5.34. The van der Waals surface area contributed by atoms with E-state index in [4.69, 9.17) is 4.74 Å². The molecule has 1 fully saturated rings. The molecule has 1 aromatic rings. The molecule has 2 atom stereocenters. The van der Waals surface area contributed by atoms with Gasteiger partial charge in [0.15, 0.2) is 5.54 Å². The van der Waals surface area contributed by atoms with Crippen LogP contribution in [0.3, 0.4) is 0 Å². The van der Waals surface area contributed by atoms with Crippen LogP contribution >= 0.6 is 0 Å². The second kappa shape index (κ2) is 6.58. The second-order valence-electron chi connectivity index (χ2n) is 5.34. The molecule has 2 rings (SSSR count). The lowest BCUT2D eigenvalue weighted by Crippen LogP contribution is -2.58. The molecule has 0 bridgehead atoms. The average molecular weight is 292 g/mol. The van der Waals surface area contributed by atoms with E-state index < -0.39 is 17.5 Å². The van der Waals surface area contributed by atoms with E-state index in [9.17, 15) is 14.7 Å². The van der Waals surface area contributed by atoms with Crippen molar-refractivity contribution < 1.29 is 19.4 Å². The largest absolute Gasteiger partial charge is 0.479 e. The molecule has 2 unspecified atom stereocenters. The van der Waals surface area contributed by atoms with Gasteiger partial charge < -0.3 is 20.5 Å². The number of carbonyl (C=O) groups excluding carboxylic acids is 1. The maximum atomic E-state index is 11.9. The van der Waals surface area contributed by atoms with Crippen LogP contribution in [0.2, 0.25) is 0 Å². The van der Waals surface area contributed by atoms with E-state index >= 15 is 0 Å². The Morgan fingerprint density at radius 3 is 2.67 bits per heavy atom. The smallest absolute Gasteiger partial charge is 0.332 e. The van der Waals surface area contributed by atoms with Crippen LogP contribution in [-0.2, 0) is 9.53 Å². The third kappa shape index (κ3) is 3.72. The number of carbonyl (C=O) groups is 2. The summed E-state index contributed by atoms with van der Waals surface area (Å²) in [6.45, 7) is 2.78. The Morgan fingerprint density at radius 2 is 2.10 bits per heavy atom. The molecule has 114 valence electrons. The Hall–Kier alpha value is -2.08. The van der Waals surface area contributed by atoms with E-state index in [0.717, 1.165) is 5.56 Å². The van der Waals surface area contributed by atoms with Crippen molar-refractivity contribution in [3.63, 3.8) is 0 Å². The van der Waals surface area contributed by atoms with Gasteiger partial charge in [-0.15, -0.1) is 0 Å². The summed E-state index contributed by atoms with van der Waals surface area (Å²) >= 11 is 0. The lowest BCUT2D eigenvalue weighted by atomic mass is 9.99. The molecular weight excluding hydrogens is 272 g/mol. The number of rotatable bonds is 5. The zero-order chi connectivity index (χ0) is 15.3. The van der Waals surface area contributed by atoms with Gasteiger partial charge in [-0.25, -0.2) is 9.59 Å². The number of ether oxygens (including phenoxy) is 1. The lowest BCUT2D eigenvalue weighted by Gasteiger charge is -2.24. The van der Waals surface area contributed by atoms with Crippen LogP contribution in [0.1, 0.15) is 24.8 Å². The molecule has 1 aliphatic rings. The number of aliphatic carboxylic acids is 1. The van der Waals surface area contributed by atoms with Crippen molar-refractivity contribution in [3.8, 4) is 0 Å². The lowest BCUT2D eigenvalue weighted by molar-refractivity contribution is -0.144. The number of carboxylic acids is 1. The molecule has 21 heavy (non-hydrogen) atoms. The molecular formula is C15H20N2O4. The molecule has 1 aromatic carbocycles. The van der Waals surface area contributed by atoms with Crippen LogP contribution in [0.4, 0.5) is 4.79 Å². The SMILES string of the molecule is CC(CNC(=O)NC1(C(=O)O)CCOC1)c1ccccc1. The number of amides is 2. The molecule has 0 radical (unpaired) electrons. The molecule has 1 heterocycles. The zero-order valence-electron chi connectivity index (χ0n) is 12.0. The highest BCUT2D eigenvalue weighted by Gasteiger charge is 2.43. The van der Waals surface area contributed by atoms with Gasteiger partial charge in [-0.2, -0.15) is 0 Å². The Balaban J connectivity index is 1.86. The predicted molar refractivity (Wildman–Crippen MR) is 77.2 cm³/mol. The van der Waals surface area contributed by atoms with E-state index in [-0.39, 0.29) is 18.9 Å². The summed E-state index contributed by atoms with van der Waals surface area (Å²) in [5.41, 5.74) is -0.185. The third-order valence-corrected chi connectivity index (χ3v) is 3.72. The number of hydrogen-bond acceptors (Lipinski definition) is 3. The number of nitrogens with one attached hydrogen (secondary N) is 2. The Bertz CT molecular complexity index is 498. The van der Waals surface area contributed by atoms with E-state index in [2.05, 4.69) is 10.6 Å². The fraction of sp³-hybridized carbons (Fsp3) is 0.467. The van der Waals surface area contributed by atoms with E-state index in [1.54, 1.807) is 0 Å². The van der Waals surface area contributed by atoms with Crippen molar-refractivity contribution in [1.29, 1.82) is 0 Å². The third-order valence-electron chi connectivity index (χ3n) is 3.72. The van der Waals surface area contributed by atoms with E-state index in [1.807, 2.05) is 37.3 Å². The molecule has 1 aliphatic heterocycles. The molecule has 0 aliphatic carbocycles. The van der Waals surface area contributed by atoms with Gasteiger partial charge in [0.2, 0.25) is 0 Å². The summed E-state index contributed by atoms with van der Waals surface area (Å²) in [6.07, 6.45) is 0.282. The molecule has 6 nitrogen and oxygen atoms in total. The van der Waals surface area contributed by atoms with Crippen LogP contribution in [0.15, 0.2) is 30.3 Å². The molecule has 1 saturated heterocycles. The summed E-state index contributed by atoms with van der Waals surface area (Å²) in [5, 5.41) is 14.5. The topological polar surface area (TPSA) is 87.7 Å². The zero-order valence-corrected chi connectivity index (χ0v) is 12.0. The Labute approximate surface area is 123 Å². The van der Waals surface area contributed by atoms with Crippen molar-refractivity contribution >= 4 is 12.0 Å². The number of hydrogen-bond donors (Lipinski definition) is 3. The summed E-state index contributed by atoms with van der Waals surface area (Å²) in [6, 6.07) is 9.34. The van der Waals surface area contributed by atoms with Crippen LogP contribution in [0.5, 0.6) is 0 Å². The Morgan fingerprint density at radius 1 is 1.38 bits per heavy atom. The molecule has 0 aromatic heterocycles. The number of urea groups is 1. The number of carboxylic acid groups (broad SMARTS) is 1. The number of benzene rings is 1. The van der Waals surface area contributed by atoms with Crippen molar-refractivity contribution in [1.82, 2.24) is 10.6 Å². The fourth-order valence-corrected chi connectivity index (χ4v) is 2.29. The highest BCUT2D eigenvalue weighted by molar-refractivity contribution is 5.86. The standard InChI is InChI=1S/C15H20N2O4/c1-11(12-5-3-2-4-6-12)9-16-14(20)17-15(13(18)19)7-8-21-10-15/h2-6,11H,7-10H2,1H3,(H,18,19)(H2,16,17,20). The minimum Gasteiger partial charge on any atom is -0.479 e. The maximum Gasteiger partial charge on any atom is 0.332 e. The highest BCUT2D eigenvalue weighted by Crippen LogP contribution is 2.19. The van der Waals surface area contributed by atoms with Crippen molar-refractivity contribution in [3.05, 3.63) is 35.9 Å². The molecule has 6 heteroatoms. The van der Waals surface area contributed by atoms with Crippen LogP contribution in [0.25, 0.3) is 0 Å². The Kier molecular flexibility index (Phi) is 4.80. The van der Waals surface area contributed by atoms with Gasteiger partial charge in [-0.3, -0.25) is 0 Å².